The molecule has 2 N–H and O–H groups in total. The molecule has 1 aliphatic rings. The molecule has 0 amide bonds. The number of aromatic nitrogens is 4. The fraction of sp³-hybridized carbons (Fsp3) is 0.304. The minimum Gasteiger partial charge on any atom is -0.506 e. The molecule has 0 atom stereocenters. The fourth-order valence-electron chi connectivity index (χ4n) is 3.91. The van der Waals surface area contributed by atoms with Crippen LogP contribution in [0.2, 0.25) is 0 Å². The number of hydrogen-bond donors (Lipinski definition) is 2. The van der Waals surface area contributed by atoms with Crippen molar-refractivity contribution in [2.24, 2.45) is 0 Å². The summed E-state index contributed by atoms with van der Waals surface area (Å²) in [4.78, 5) is 20.4. The smallest absolute Gasteiger partial charge is 0.264 e. The van der Waals surface area contributed by atoms with E-state index in [1.54, 1.807) is 32.4 Å². The number of thiazole rings is 1. The van der Waals surface area contributed by atoms with Gasteiger partial charge in [-0.05, 0) is 37.8 Å². The molecule has 3 heterocycles. The zero-order chi connectivity index (χ0) is 23.1. The topological polar surface area (TPSA) is 123 Å². The highest BCUT2D eigenvalue weighted by Gasteiger charge is 2.34. The van der Waals surface area contributed by atoms with E-state index in [9.17, 15) is 9.90 Å². The number of rotatable bonds is 7. The monoisotopic (exact) mass is 466 g/mol. The summed E-state index contributed by atoms with van der Waals surface area (Å²) in [6, 6.07) is 5.35. The van der Waals surface area contributed by atoms with E-state index in [4.69, 9.17) is 13.9 Å². The summed E-state index contributed by atoms with van der Waals surface area (Å²) >= 11 is 1.53. The average Bonchev–Trinajstić information content (AvgIpc) is 3.43. The lowest BCUT2D eigenvalue weighted by Gasteiger charge is -2.18. The second-order valence-corrected chi connectivity index (χ2v) is 8.88. The van der Waals surface area contributed by atoms with E-state index in [0.717, 1.165) is 23.5 Å². The van der Waals surface area contributed by atoms with Crippen LogP contribution < -0.4 is 15.0 Å². The molecular weight excluding hydrogens is 444 g/mol. The van der Waals surface area contributed by atoms with Crippen molar-refractivity contribution in [3.63, 3.8) is 0 Å². The molecule has 0 spiro atoms. The van der Waals surface area contributed by atoms with Crippen molar-refractivity contribution in [1.29, 1.82) is 0 Å². The second kappa shape index (κ2) is 8.36. The lowest BCUT2D eigenvalue weighted by Crippen LogP contribution is -2.14. The van der Waals surface area contributed by atoms with Crippen molar-refractivity contribution >= 4 is 11.3 Å². The molecule has 5 rings (SSSR count). The quantitative estimate of drug-likeness (QED) is 0.418. The summed E-state index contributed by atoms with van der Waals surface area (Å²) < 4.78 is 16.9. The van der Waals surface area contributed by atoms with E-state index in [2.05, 4.69) is 20.2 Å². The minimum absolute atomic E-state index is 0.0619. The third kappa shape index (κ3) is 3.86. The molecule has 9 nitrogen and oxygen atoms in total. The Labute approximate surface area is 193 Å². The van der Waals surface area contributed by atoms with Crippen molar-refractivity contribution in [2.75, 3.05) is 14.2 Å². The first-order chi connectivity index (χ1) is 16.0. The number of H-pyrrole nitrogens is 1. The van der Waals surface area contributed by atoms with Crippen LogP contribution in [0.4, 0.5) is 0 Å². The van der Waals surface area contributed by atoms with Gasteiger partial charge in [0.15, 0.2) is 0 Å². The third-order valence-electron chi connectivity index (χ3n) is 5.56. The Morgan fingerprint density at radius 3 is 2.48 bits per heavy atom. The SMILES string of the molecule is COc1cccc(OC)c1-c1c(C2CC2)[nH]c(=O)c(-c2nnc(Cc3csc(C)n3)o2)c1O. The van der Waals surface area contributed by atoms with Crippen LogP contribution in [-0.4, -0.2) is 39.5 Å². The summed E-state index contributed by atoms with van der Waals surface area (Å²) in [5.41, 5.74) is 1.85. The number of pyridine rings is 1. The Balaban J connectivity index is 1.67. The molecule has 0 bridgehead atoms. The summed E-state index contributed by atoms with van der Waals surface area (Å²) in [6.45, 7) is 1.92. The predicted octanol–water partition coefficient (Wildman–Crippen LogP) is 4.05. The van der Waals surface area contributed by atoms with E-state index >= 15 is 0 Å². The van der Waals surface area contributed by atoms with E-state index in [-0.39, 0.29) is 23.1 Å². The first-order valence-electron chi connectivity index (χ1n) is 10.4. The number of ether oxygens (including phenoxy) is 2. The zero-order valence-corrected chi connectivity index (χ0v) is 19.2. The van der Waals surface area contributed by atoms with Gasteiger partial charge in [0.05, 0.1) is 42.5 Å². The van der Waals surface area contributed by atoms with Crippen LogP contribution in [0, 0.1) is 6.92 Å². The van der Waals surface area contributed by atoms with Crippen LogP contribution in [0.1, 0.15) is 41.0 Å². The summed E-state index contributed by atoms with van der Waals surface area (Å²) in [5.74, 6) is 1.14. The van der Waals surface area contributed by atoms with Gasteiger partial charge in [-0.15, -0.1) is 21.5 Å². The van der Waals surface area contributed by atoms with Gasteiger partial charge < -0.3 is 24.0 Å². The van der Waals surface area contributed by atoms with Crippen molar-refractivity contribution in [1.82, 2.24) is 20.2 Å². The van der Waals surface area contributed by atoms with Crippen molar-refractivity contribution in [3.05, 3.63) is 56.2 Å². The predicted molar refractivity (Wildman–Crippen MR) is 122 cm³/mol. The number of nitrogens with one attached hydrogen (secondary N) is 1. The molecule has 1 fully saturated rings. The van der Waals surface area contributed by atoms with Gasteiger partial charge in [0, 0.05) is 11.1 Å². The number of methoxy groups -OCH3 is 2. The van der Waals surface area contributed by atoms with E-state index in [1.807, 2.05) is 12.3 Å². The molecule has 0 unspecified atom stereocenters. The van der Waals surface area contributed by atoms with Gasteiger partial charge in [-0.2, -0.15) is 0 Å². The van der Waals surface area contributed by atoms with Crippen molar-refractivity contribution in [2.45, 2.75) is 32.1 Å². The summed E-state index contributed by atoms with van der Waals surface area (Å²) in [5, 5.41) is 22.3. The molecule has 170 valence electrons. The molecule has 1 saturated carbocycles. The van der Waals surface area contributed by atoms with Gasteiger partial charge in [-0.25, -0.2) is 4.98 Å². The van der Waals surface area contributed by atoms with Gasteiger partial charge in [0.25, 0.3) is 11.4 Å². The molecule has 1 aliphatic carbocycles. The van der Waals surface area contributed by atoms with Gasteiger partial charge in [-0.3, -0.25) is 4.79 Å². The number of benzene rings is 1. The highest BCUT2D eigenvalue weighted by Crippen LogP contribution is 2.51. The Bertz CT molecular complexity index is 1360. The lowest BCUT2D eigenvalue weighted by molar-refractivity contribution is 0.396. The molecule has 1 aromatic carbocycles. The van der Waals surface area contributed by atoms with E-state index in [0.29, 0.717) is 40.6 Å². The summed E-state index contributed by atoms with van der Waals surface area (Å²) in [6.07, 6.45) is 2.16. The highest BCUT2D eigenvalue weighted by molar-refractivity contribution is 7.09. The Morgan fingerprint density at radius 1 is 1.15 bits per heavy atom. The molecule has 33 heavy (non-hydrogen) atoms. The lowest BCUT2D eigenvalue weighted by atomic mass is 9.96. The normalized spacial score (nSPS) is 13.3. The van der Waals surface area contributed by atoms with Crippen LogP contribution >= 0.6 is 11.3 Å². The van der Waals surface area contributed by atoms with Crippen molar-refractivity contribution < 1.29 is 19.0 Å². The van der Waals surface area contributed by atoms with Crippen LogP contribution in [0.3, 0.4) is 0 Å². The Hall–Kier alpha value is -3.66. The largest absolute Gasteiger partial charge is 0.506 e. The van der Waals surface area contributed by atoms with E-state index in [1.165, 1.54) is 11.3 Å². The number of nitrogens with zero attached hydrogens (tertiary/aromatic N) is 3. The van der Waals surface area contributed by atoms with Gasteiger partial charge in [0.2, 0.25) is 5.89 Å². The van der Waals surface area contributed by atoms with Gasteiger partial charge in [-0.1, -0.05) is 6.07 Å². The van der Waals surface area contributed by atoms with E-state index < -0.39 is 5.56 Å². The average molecular weight is 467 g/mol. The van der Waals surface area contributed by atoms with Crippen molar-refractivity contribution in [3.8, 4) is 39.8 Å². The van der Waals surface area contributed by atoms with Crippen LogP contribution in [0.5, 0.6) is 17.2 Å². The van der Waals surface area contributed by atoms with Crippen LogP contribution in [-0.2, 0) is 6.42 Å². The zero-order valence-electron chi connectivity index (χ0n) is 18.3. The molecule has 3 aromatic heterocycles. The first-order valence-corrected chi connectivity index (χ1v) is 11.3. The first kappa shape index (κ1) is 21.2. The van der Waals surface area contributed by atoms with Gasteiger partial charge >= 0.3 is 0 Å². The highest BCUT2D eigenvalue weighted by atomic mass is 32.1. The number of aromatic hydroxyl groups is 1. The molecule has 10 heteroatoms. The molecule has 0 radical (unpaired) electrons. The maximum Gasteiger partial charge on any atom is 0.264 e. The van der Waals surface area contributed by atoms with Crippen LogP contribution in [0.25, 0.3) is 22.6 Å². The standard InChI is InChI=1S/C23H22N4O5S/c1-11-24-13(10-33-11)9-16-26-27-23(32-16)19-21(28)18(20(12-7-8-12)25-22(19)29)17-14(30-2)5-4-6-15(17)31-3/h4-6,10,12H,7-9H2,1-3H3,(H2,25,28,29). The number of aryl methyl sites for hydroxylation is 1. The maximum atomic E-state index is 13.0. The summed E-state index contributed by atoms with van der Waals surface area (Å²) in [7, 11) is 3.09. The number of hydrogen-bond acceptors (Lipinski definition) is 9. The molecular formula is C23H22N4O5S. The molecule has 4 aromatic rings. The second-order valence-electron chi connectivity index (χ2n) is 7.81. The number of aromatic amines is 1. The Kier molecular flexibility index (Phi) is 5.37. The molecule has 0 aliphatic heterocycles. The minimum atomic E-state index is -0.494. The third-order valence-corrected chi connectivity index (χ3v) is 6.38. The molecule has 0 saturated heterocycles. The van der Waals surface area contributed by atoms with Gasteiger partial charge in [0.1, 0.15) is 22.8 Å². The van der Waals surface area contributed by atoms with Crippen LogP contribution in [0.15, 0.2) is 32.8 Å². The maximum absolute atomic E-state index is 13.0. The Morgan fingerprint density at radius 2 is 1.88 bits per heavy atom. The fourth-order valence-corrected chi connectivity index (χ4v) is 4.52.